The highest BCUT2D eigenvalue weighted by Crippen LogP contribution is 1.93. The van der Waals surface area contributed by atoms with Crippen LogP contribution in [0.4, 0.5) is 0 Å². The molecular formula is C10H18N4. The van der Waals surface area contributed by atoms with Gasteiger partial charge in [-0.25, -0.2) is 9.97 Å². The Bertz CT molecular complexity index is 182. The highest BCUT2D eigenvalue weighted by Gasteiger charge is 2.07. The van der Waals surface area contributed by atoms with E-state index >= 15 is 0 Å². The second-order valence-corrected chi connectivity index (χ2v) is 3.51. The highest BCUT2D eigenvalue weighted by molar-refractivity contribution is 4.74. The van der Waals surface area contributed by atoms with E-state index in [-0.39, 0.29) is 0 Å². The molecule has 0 aromatic carbocycles. The normalized spacial score (nSPS) is 18.4. The predicted octanol–water partition coefficient (Wildman–Crippen LogP) is 0.340. The van der Waals surface area contributed by atoms with Crippen molar-refractivity contribution in [2.45, 2.75) is 0 Å². The molecule has 0 amide bonds. The van der Waals surface area contributed by atoms with Crippen molar-refractivity contribution in [2.24, 2.45) is 0 Å². The van der Waals surface area contributed by atoms with Crippen molar-refractivity contribution in [2.75, 3.05) is 40.3 Å². The summed E-state index contributed by atoms with van der Waals surface area (Å²) in [5, 5.41) is 0. The van der Waals surface area contributed by atoms with Crippen molar-refractivity contribution in [3.8, 4) is 0 Å². The molecule has 0 radical (unpaired) electrons. The highest BCUT2D eigenvalue weighted by atomic mass is 15.2. The van der Waals surface area contributed by atoms with Crippen molar-refractivity contribution >= 4 is 0 Å². The maximum atomic E-state index is 3.67. The van der Waals surface area contributed by atoms with E-state index in [0.29, 0.717) is 0 Å². The van der Waals surface area contributed by atoms with Gasteiger partial charge in [-0.1, -0.05) is 0 Å². The molecule has 4 heteroatoms. The summed E-state index contributed by atoms with van der Waals surface area (Å²) in [4.78, 5) is 12.1. The van der Waals surface area contributed by atoms with Gasteiger partial charge in [-0.15, -0.1) is 0 Å². The molecule has 14 heavy (non-hydrogen) atoms. The third-order valence-electron chi connectivity index (χ3n) is 2.20. The fourth-order valence-electron chi connectivity index (χ4n) is 1.16. The first-order valence-electron chi connectivity index (χ1n) is 4.86. The average Bonchev–Trinajstić information content (AvgIpc) is 2.26. The summed E-state index contributed by atoms with van der Waals surface area (Å²) in [5.74, 6) is 0. The molecule has 1 aromatic rings. The summed E-state index contributed by atoms with van der Waals surface area (Å²) in [7, 11) is 4.35. The molecule has 1 aliphatic rings. The van der Waals surface area contributed by atoms with Gasteiger partial charge in [0.2, 0.25) is 0 Å². The predicted molar refractivity (Wildman–Crippen MR) is 57.0 cm³/mol. The lowest BCUT2D eigenvalue weighted by molar-refractivity contribution is 0.181. The molecule has 0 N–H and O–H groups in total. The van der Waals surface area contributed by atoms with Gasteiger partial charge in [0.15, 0.2) is 0 Å². The minimum Gasteiger partial charge on any atom is -0.304 e. The van der Waals surface area contributed by atoms with Gasteiger partial charge in [-0.05, 0) is 20.2 Å². The van der Waals surface area contributed by atoms with Crippen LogP contribution >= 0.6 is 0 Å². The summed E-state index contributed by atoms with van der Waals surface area (Å²) in [5.41, 5.74) is 0. The number of nitrogens with zero attached hydrogens (tertiary/aromatic N) is 4. The van der Waals surface area contributed by atoms with Crippen LogP contribution in [-0.2, 0) is 0 Å². The maximum Gasteiger partial charge on any atom is 0.115 e. The monoisotopic (exact) mass is 194 g/mol. The topological polar surface area (TPSA) is 32.3 Å². The number of hydrogen-bond acceptors (Lipinski definition) is 4. The standard InChI is InChI=1S/C6H14N2.C4H4N2/c1-7-3-5-8(2)6-4-7;1-2-5-4-6-3-1/h3-6H2,1-2H3;1-4H. The van der Waals surface area contributed by atoms with E-state index in [1.165, 1.54) is 32.5 Å². The lowest BCUT2D eigenvalue weighted by Gasteiger charge is -2.28. The summed E-state index contributed by atoms with van der Waals surface area (Å²) < 4.78 is 0. The Balaban J connectivity index is 0.000000146. The number of hydrogen-bond donors (Lipinski definition) is 0. The number of rotatable bonds is 0. The summed E-state index contributed by atoms with van der Waals surface area (Å²) in [6, 6.07) is 1.78. The Kier molecular flexibility index (Phi) is 5.11. The second-order valence-electron chi connectivity index (χ2n) is 3.51. The minimum atomic E-state index is 1.23. The fourth-order valence-corrected chi connectivity index (χ4v) is 1.16. The molecule has 0 atom stereocenters. The van der Waals surface area contributed by atoms with Gasteiger partial charge < -0.3 is 9.80 Å². The van der Waals surface area contributed by atoms with E-state index in [1.807, 2.05) is 0 Å². The first-order chi connectivity index (χ1) is 6.79. The number of aromatic nitrogens is 2. The van der Waals surface area contributed by atoms with Gasteiger partial charge in [0.25, 0.3) is 0 Å². The Morgan fingerprint density at radius 2 is 1.29 bits per heavy atom. The molecular weight excluding hydrogens is 176 g/mol. The van der Waals surface area contributed by atoms with Crippen LogP contribution in [0.15, 0.2) is 24.8 Å². The quantitative estimate of drug-likeness (QED) is 0.596. The van der Waals surface area contributed by atoms with Crippen LogP contribution < -0.4 is 0 Å². The Morgan fingerprint density at radius 1 is 0.857 bits per heavy atom. The van der Waals surface area contributed by atoms with Crippen molar-refractivity contribution in [3.05, 3.63) is 24.8 Å². The Hall–Kier alpha value is -1.00. The molecule has 0 bridgehead atoms. The van der Waals surface area contributed by atoms with Gasteiger partial charge in [-0.3, -0.25) is 0 Å². The summed E-state index contributed by atoms with van der Waals surface area (Å²) >= 11 is 0. The van der Waals surface area contributed by atoms with Gasteiger partial charge in [-0.2, -0.15) is 0 Å². The third kappa shape index (κ3) is 4.89. The average molecular weight is 194 g/mol. The van der Waals surface area contributed by atoms with Gasteiger partial charge >= 0.3 is 0 Å². The molecule has 78 valence electrons. The van der Waals surface area contributed by atoms with Crippen LogP contribution in [0.1, 0.15) is 0 Å². The second kappa shape index (κ2) is 6.45. The van der Waals surface area contributed by atoms with E-state index in [9.17, 15) is 0 Å². The zero-order valence-electron chi connectivity index (χ0n) is 8.93. The molecule has 1 aliphatic heterocycles. The van der Waals surface area contributed by atoms with Crippen LogP contribution in [0.25, 0.3) is 0 Å². The summed E-state index contributed by atoms with van der Waals surface area (Å²) in [6.07, 6.45) is 4.88. The van der Waals surface area contributed by atoms with E-state index in [1.54, 1.807) is 18.5 Å². The first-order valence-corrected chi connectivity index (χ1v) is 4.86. The molecule has 2 heterocycles. The van der Waals surface area contributed by atoms with E-state index < -0.39 is 0 Å². The smallest absolute Gasteiger partial charge is 0.115 e. The largest absolute Gasteiger partial charge is 0.304 e. The molecule has 4 nitrogen and oxygen atoms in total. The van der Waals surface area contributed by atoms with Gasteiger partial charge in [0, 0.05) is 38.6 Å². The van der Waals surface area contributed by atoms with Crippen LogP contribution in [0.5, 0.6) is 0 Å². The van der Waals surface area contributed by atoms with Crippen molar-refractivity contribution in [3.63, 3.8) is 0 Å². The lowest BCUT2D eigenvalue weighted by Crippen LogP contribution is -2.42. The van der Waals surface area contributed by atoms with Crippen molar-refractivity contribution < 1.29 is 0 Å². The van der Waals surface area contributed by atoms with Crippen molar-refractivity contribution in [1.82, 2.24) is 19.8 Å². The molecule has 1 saturated heterocycles. The van der Waals surface area contributed by atoms with E-state index in [4.69, 9.17) is 0 Å². The van der Waals surface area contributed by atoms with Crippen LogP contribution in [0.2, 0.25) is 0 Å². The molecule has 1 fully saturated rings. The van der Waals surface area contributed by atoms with Crippen LogP contribution in [0.3, 0.4) is 0 Å². The SMILES string of the molecule is CN1CCN(C)CC1.c1cncnc1. The summed E-state index contributed by atoms with van der Waals surface area (Å²) in [6.45, 7) is 4.93. The molecule has 1 aromatic heterocycles. The van der Waals surface area contributed by atoms with Gasteiger partial charge in [0.1, 0.15) is 6.33 Å². The first kappa shape index (κ1) is 11.1. The maximum absolute atomic E-state index is 3.67. The lowest BCUT2D eigenvalue weighted by atomic mass is 10.4. The molecule has 0 spiro atoms. The van der Waals surface area contributed by atoms with Crippen molar-refractivity contribution in [1.29, 1.82) is 0 Å². The van der Waals surface area contributed by atoms with Crippen LogP contribution in [-0.4, -0.2) is 60.0 Å². The number of likely N-dealkylation sites (N-methyl/N-ethyl adjacent to an activating group) is 2. The zero-order chi connectivity index (χ0) is 10.2. The minimum absolute atomic E-state index is 1.23. The fraction of sp³-hybridized carbons (Fsp3) is 0.600. The van der Waals surface area contributed by atoms with E-state index in [2.05, 4.69) is 33.9 Å². The molecule has 0 unspecified atom stereocenters. The van der Waals surface area contributed by atoms with E-state index in [0.717, 1.165) is 0 Å². The molecule has 0 saturated carbocycles. The molecule has 2 rings (SSSR count). The van der Waals surface area contributed by atoms with Gasteiger partial charge in [0.05, 0.1) is 0 Å². The third-order valence-corrected chi connectivity index (χ3v) is 2.20. The Morgan fingerprint density at radius 3 is 1.50 bits per heavy atom. The van der Waals surface area contributed by atoms with Crippen LogP contribution in [0, 0.1) is 0 Å². The zero-order valence-corrected chi connectivity index (χ0v) is 8.93. The Labute approximate surface area is 85.6 Å². The molecule has 0 aliphatic carbocycles. The number of piperazine rings is 1.